The molecule has 4 heterocycles. The summed E-state index contributed by atoms with van der Waals surface area (Å²) in [6.07, 6.45) is 1.76. The topological polar surface area (TPSA) is 87.1 Å². The van der Waals surface area contributed by atoms with Crippen LogP contribution in [0.1, 0.15) is 15.9 Å². The molecular formula is C22H21N7OS. The van der Waals surface area contributed by atoms with Gasteiger partial charge in [0.15, 0.2) is 11.6 Å². The number of fused-ring (bicyclic) bond motifs is 1. The van der Waals surface area contributed by atoms with Crippen LogP contribution in [0.4, 0.5) is 17.5 Å². The molecule has 0 aliphatic carbocycles. The van der Waals surface area contributed by atoms with Crippen molar-refractivity contribution in [3.8, 4) is 0 Å². The van der Waals surface area contributed by atoms with Gasteiger partial charge in [-0.25, -0.2) is 9.97 Å². The van der Waals surface area contributed by atoms with E-state index < -0.39 is 0 Å². The minimum Gasteiger partial charge on any atom is -0.352 e. The fourth-order valence-corrected chi connectivity index (χ4v) is 4.32. The monoisotopic (exact) mass is 431 g/mol. The van der Waals surface area contributed by atoms with Crippen LogP contribution in [0.3, 0.4) is 0 Å². The number of hydrogen-bond acceptors (Lipinski definition) is 8. The average Bonchev–Trinajstić information content (AvgIpc) is 3.27. The number of carbonyl (C=O) groups is 1. The number of nitrogens with one attached hydrogen (secondary N) is 1. The molecule has 0 unspecified atom stereocenters. The standard InChI is InChI=1S/C22H21N7OS/c1-15-6-7-23-20(12-15)25-19-4-5-21(27-26-19)28-8-10-29(11-9-28)22(30)16-2-3-17-18(13-16)31-14-24-17/h2-7,12-14H,8-11H2,1H3,(H,23,25,26). The van der Waals surface area contributed by atoms with E-state index in [2.05, 4.69) is 30.4 Å². The van der Waals surface area contributed by atoms with E-state index in [1.165, 1.54) is 0 Å². The quantitative estimate of drug-likeness (QED) is 0.529. The van der Waals surface area contributed by atoms with Crippen molar-refractivity contribution in [1.82, 2.24) is 25.1 Å². The van der Waals surface area contributed by atoms with Gasteiger partial charge in [-0.05, 0) is 55.0 Å². The number of anilines is 3. The zero-order valence-corrected chi connectivity index (χ0v) is 17.8. The number of rotatable bonds is 4. The summed E-state index contributed by atoms with van der Waals surface area (Å²) >= 11 is 1.55. The molecule has 8 nitrogen and oxygen atoms in total. The van der Waals surface area contributed by atoms with Crippen LogP contribution >= 0.6 is 11.3 Å². The number of nitrogens with zero attached hydrogens (tertiary/aromatic N) is 6. The zero-order chi connectivity index (χ0) is 21.2. The van der Waals surface area contributed by atoms with Gasteiger partial charge in [0.2, 0.25) is 0 Å². The predicted molar refractivity (Wildman–Crippen MR) is 122 cm³/mol. The van der Waals surface area contributed by atoms with E-state index in [-0.39, 0.29) is 5.91 Å². The summed E-state index contributed by atoms with van der Waals surface area (Å²) in [6, 6.07) is 13.4. The first-order chi connectivity index (χ1) is 15.2. The maximum Gasteiger partial charge on any atom is 0.254 e. The van der Waals surface area contributed by atoms with Crippen molar-refractivity contribution in [2.75, 3.05) is 36.4 Å². The second kappa shape index (κ2) is 8.27. The molecule has 1 aromatic carbocycles. The van der Waals surface area contributed by atoms with Crippen LogP contribution < -0.4 is 10.2 Å². The van der Waals surface area contributed by atoms with Gasteiger partial charge < -0.3 is 15.1 Å². The summed E-state index contributed by atoms with van der Waals surface area (Å²) in [5, 5.41) is 11.8. The smallest absolute Gasteiger partial charge is 0.254 e. The van der Waals surface area contributed by atoms with E-state index >= 15 is 0 Å². The first-order valence-corrected chi connectivity index (χ1v) is 10.9. The molecule has 4 aromatic rings. The molecule has 1 aliphatic heterocycles. The van der Waals surface area contributed by atoms with Gasteiger partial charge >= 0.3 is 0 Å². The molecule has 1 fully saturated rings. The molecule has 1 aliphatic rings. The summed E-state index contributed by atoms with van der Waals surface area (Å²) in [5.41, 5.74) is 4.57. The lowest BCUT2D eigenvalue weighted by Gasteiger charge is -2.35. The Labute approximate surface area is 183 Å². The molecule has 5 rings (SSSR count). The van der Waals surface area contributed by atoms with Crippen molar-refractivity contribution < 1.29 is 4.79 Å². The Kier molecular flexibility index (Phi) is 5.17. The van der Waals surface area contributed by atoms with Gasteiger partial charge in [-0.2, -0.15) is 0 Å². The number of aryl methyl sites for hydroxylation is 1. The molecule has 3 aromatic heterocycles. The summed E-state index contributed by atoms with van der Waals surface area (Å²) in [7, 11) is 0. The van der Waals surface area contributed by atoms with Gasteiger partial charge in [0.1, 0.15) is 5.82 Å². The Bertz CT molecular complexity index is 1220. The highest BCUT2D eigenvalue weighted by molar-refractivity contribution is 7.16. The van der Waals surface area contributed by atoms with Crippen molar-refractivity contribution in [2.45, 2.75) is 6.92 Å². The largest absolute Gasteiger partial charge is 0.352 e. The van der Waals surface area contributed by atoms with E-state index in [4.69, 9.17) is 0 Å². The molecule has 1 saturated heterocycles. The van der Waals surface area contributed by atoms with Crippen molar-refractivity contribution in [3.05, 3.63) is 65.3 Å². The zero-order valence-electron chi connectivity index (χ0n) is 17.0. The summed E-state index contributed by atoms with van der Waals surface area (Å²) < 4.78 is 1.04. The van der Waals surface area contributed by atoms with Crippen LogP contribution in [-0.2, 0) is 0 Å². The molecule has 9 heteroatoms. The van der Waals surface area contributed by atoms with E-state index in [0.717, 1.165) is 40.5 Å². The highest BCUT2D eigenvalue weighted by Crippen LogP contribution is 2.21. The highest BCUT2D eigenvalue weighted by Gasteiger charge is 2.23. The second-order valence-corrected chi connectivity index (χ2v) is 8.32. The van der Waals surface area contributed by atoms with Crippen LogP contribution in [-0.4, -0.2) is 57.2 Å². The third kappa shape index (κ3) is 4.17. The van der Waals surface area contributed by atoms with Crippen molar-refractivity contribution in [1.29, 1.82) is 0 Å². The molecular weight excluding hydrogens is 410 g/mol. The molecule has 0 saturated carbocycles. The van der Waals surface area contributed by atoms with Gasteiger partial charge in [-0.15, -0.1) is 21.5 Å². The number of aromatic nitrogens is 4. The number of piperazine rings is 1. The molecule has 31 heavy (non-hydrogen) atoms. The van der Waals surface area contributed by atoms with Crippen LogP contribution in [0.2, 0.25) is 0 Å². The highest BCUT2D eigenvalue weighted by atomic mass is 32.1. The van der Waals surface area contributed by atoms with E-state index in [1.807, 2.05) is 54.3 Å². The Morgan fingerprint density at radius 3 is 2.61 bits per heavy atom. The minimum atomic E-state index is 0.0613. The molecule has 1 N–H and O–H groups in total. The van der Waals surface area contributed by atoms with Crippen molar-refractivity contribution in [2.24, 2.45) is 0 Å². The molecule has 1 amide bonds. The van der Waals surface area contributed by atoms with Crippen LogP contribution in [0.25, 0.3) is 10.2 Å². The third-order valence-corrected chi connectivity index (χ3v) is 6.08. The molecule has 156 valence electrons. The van der Waals surface area contributed by atoms with Crippen LogP contribution in [0, 0.1) is 6.92 Å². The van der Waals surface area contributed by atoms with E-state index in [0.29, 0.717) is 24.5 Å². The Balaban J connectivity index is 1.20. The molecule has 0 spiro atoms. The van der Waals surface area contributed by atoms with Crippen molar-refractivity contribution >= 4 is 44.9 Å². The molecule has 0 atom stereocenters. The summed E-state index contributed by atoms with van der Waals surface area (Å²) in [4.78, 5) is 25.5. The summed E-state index contributed by atoms with van der Waals surface area (Å²) in [5.74, 6) is 2.26. The first-order valence-electron chi connectivity index (χ1n) is 10.1. The van der Waals surface area contributed by atoms with E-state index in [9.17, 15) is 4.79 Å². The number of thiazole rings is 1. The van der Waals surface area contributed by atoms with Gasteiger partial charge in [-0.3, -0.25) is 4.79 Å². The molecule has 0 radical (unpaired) electrons. The van der Waals surface area contributed by atoms with Crippen LogP contribution in [0.5, 0.6) is 0 Å². The Morgan fingerprint density at radius 1 is 0.968 bits per heavy atom. The van der Waals surface area contributed by atoms with Gasteiger partial charge in [0, 0.05) is 37.9 Å². The average molecular weight is 432 g/mol. The number of carbonyl (C=O) groups excluding carboxylic acids is 1. The lowest BCUT2D eigenvalue weighted by atomic mass is 10.1. The second-order valence-electron chi connectivity index (χ2n) is 7.43. The fraction of sp³-hybridized carbons (Fsp3) is 0.227. The van der Waals surface area contributed by atoms with Gasteiger partial charge in [-0.1, -0.05) is 0 Å². The SMILES string of the molecule is Cc1ccnc(Nc2ccc(N3CCN(C(=O)c4ccc5ncsc5c4)CC3)nn2)c1. The third-order valence-electron chi connectivity index (χ3n) is 5.29. The molecule has 0 bridgehead atoms. The Hall–Kier alpha value is -3.59. The lowest BCUT2D eigenvalue weighted by Crippen LogP contribution is -2.49. The lowest BCUT2D eigenvalue weighted by molar-refractivity contribution is 0.0746. The number of benzene rings is 1. The maximum absolute atomic E-state index is 12.9. The minimum absolute atomic E-state index is 0.0613. The van der Waals surface area contributed by atoms with Crippen LogP contribution in [0.15, 0.2) is 54.2 Å². The number of pyridine rings is 1. The summed E-state index contributed by atoms with van der Waals surface area (Å²) in [6.45, 7) is 4.75. The van der Waals surface area contributed by atoms with E-state index in [1.54, 1.807) is 23.0 Å². The normalized spacial score (nSPS) is 14.1. The maximum atomic E-state index is 12.9. The number of hydrogen-bond donors (Lipinski definition) is 1. The predicted octanol–water partition coefficient (Wildman–Crippen LogP) is 3.50. The fourth-order valence-electron chi connectivity index (χ4n) is 3.61. The first kappa shape index (κ1) is 19.4. The number of amides is 1. The Morgan fingerprint density at radius 2 is 1.84 bits per heavy atom. The van der Waals surface area contributed by atoms with Crippen molar-refractivity contribution in [3.63, 3.8) is 0 Å². The van der Waals surface area contributed by atoms with Gasteiger partial charge in [0.05, 0.1) is 15.7 Å². The van der Waals surface area contributed by atoms with Gasteiger partial charge in [0.25, 0.3) is 5.91 Å².